The van der Waals surface area contributed by atoms with E-state index >= 15 is 0 Å². The fraction of sp³-hybridized carbons (Fsp3) is 0.235. The first-order valence-corrected chi connectivity index (χ1v) is 6.92. The molecule has 3 nitrogen and oxygen atoms in total. The van der Waals surface area contributed by atoms with E-state index in [4.69, 9.17) is 0 Å². The fourth-order valence-electron chi connectivity index (χ4n) is 1.87. The quantitative estimate of drug-likeness (QED) is 0.832. The standard InChI is InChI=1S/C17H20N2O.2H2/c1-3-13(2)18-15-10-7-11-16(12-15)19-17(20)14-8-5-4-6-9-14;;/h4-13,18H,3H2,1-2H3,(H,19,20);2*1H. The molecule has 2 rings (SSSR count). The second-order valence-corrected chi connectivity index (χ2v) is 4.85. The van der Waals surface area contributed by atoms with Crippen molar-refractivity contribution in [3.63, 3.8) is 0 Å². The largest absolute Gasteiger partial charge is 0.383 e. The maximum Gasteiger partial charge on any atom is 0.255 e. The lowest BCUT2D eigenvalue weighted by atomic mass is 10.2. The van der Waals surface area contributed by atoms with Crippen molar-refractivity contribution in [3.8, 4) is 0 Å². The van der Waals surface area contributed by atoms with Crippen molar-refractivity contribution in [1.29, 1.82) is 0 Å². The Balaban J connectivity index is 0.00000220. The van der Waals surface area contributed by atoms with Crippen molar-refractivity contribution < 1.29 is 7.65 Å². The molecule has 20 heavy (non-hydrogen) atoms. The molecule has 0 fully saturated rings. The van der Waals surface area contributed by atoms with Gasteiger partial charge >= 0.3 is 0 Å². The van der Waals surface area contributed by atoms with Crippen LogP contribution in [-0.2, 0) is 0 Å². The predicted octanol–water partition coefficient (Wildman–Crippen LogP) is 4.64. The summed E-state index contributed by atoms with van der Waals surface area (Å²) in [4.78, 5) is 12.1. The fourth-order valence-corrected chi connectivity index (χ4v) is 1.87. The number of carbonyl (C=O) groups excluding carboxylic acids is 1. The van der Waals surface area contributed by atoms with E-state index in [1.807, 2.05) is 42.5 Å². The highest BCUT2D eigenvalue weighted by atomic mass is 16.1. The summed E-state index contributed by atoms with van der Waals surface area (Å²) in [5, 5.41) is 6.30. The van der Waals surface area contributed by atoms with Crippen molar-refractivity contribution in [1.82, 2.24) is 0 Å². The van der Waals surface area contributed by atoms with Crippen LogP contribution in [0.15, 0.2) is 54.6 Å². The molecule has 0 saturated carbocycles. The van der Waals surface area contributed by atoms with Gasteiger partial charge in [-0.1, -0.05) is 31.2 Å². The molecular weight excluding hydrogens is 248 g/mol. The van der Waals surface area contributed by atoms with Crippen molar-refractivity contribution >= 4 is 17.3 Å². The van der Waals surface area contributed by atoms with Crippen molar-refractivity contribution in [2.45, 2.75) is 26.3 Å². The van der Waals surface area contributed by atoms with Gasteiger partial charge in [0, 0.05) is 25.8 Å². The number of nitrogens with one attached hydrogen (secondary N) is 2. The average Bonchev–Trinajstić information content (AvgIpc) is 2.48. The van der Waals surface area contributed by atoms with Gasteiger partial charge in [-0.3, -0.25) is 4.79 Å². The highest BCUT2D eigenvalue weighted by Crippen LogP contribution is 2.17. The van der Waals surface area contributed by atoms with E-state index in [9.17, 15) is 4.79 Å². The average molecular weight is 272 g/mol. The molecule has 2 aromatic carbocycles. The Labute approximate surface area is 123 Å². The zero-order valence-corrected chi connectivity index (χ0v) is 11.9. The number of anilines is 2. The number of benzene rings is 2. The molecule has 0 saturated heterocycles. The number of hydrogen-bond acceptors (Lipinski definition) is 2. The number of rotatable bonds is 5. The second kappa shape index (κ2) is 6.75. The minimum absolute atomic E-state index is 0. The van der Waals surface area contributed by atoms with Crippen LogP contribution in [-0.4, -0.2) is 11.9 Å². The monoisotopic (exact) mass is 272 g/mol. The van der Waals surface area contributed by atoms with Crippen molar-refractivity contribution in [2.24, 2.45) is 0 Å². The third-order valence-electron chi connectivity index (χ3n) is 3.18. The Bertz CT molecular complexity index is 576. The molecular formula is C17H24N2O. The van der Waals surface area contributed by atoms with Crippen LogP contribution in [0.4, 0.5) is 11.4 Å². The zero-order chi connectivity index (χ0) is 14.4. The zero-order valence-electron chi connectivity index (χ0n) is 11.9. The molecule has 0 bridgehead atoms. The van der Waals surface area contributed by atoms with Crippen LogP contribution in [0.5, 0.6) is 0 Å². The Morgan fingerprint density at radius 1 is 1.10 bits per heavy atom. The Morgan fingerprint density at radius 3 is 2.50 bits per heavy atom. The molecule has 1 amide bonds. The van der Waals surface area contributed by atoms with Crippen molar-refractivity contribution in [2.75, 3.05) is 10.6 Å². The molecule has 0 aliphatic rings. The van der Waals surface area contributed by atoms with E-state index in [-0.39, 0.29) is 8.76 Å². The summed E-state index contributed by atoms with van der Waals surface area (Å²) in [5.74, 6) is -0.0914. The molecule has 108 valence electrons. The maximum atomic E-state index is 12.1. The summed E-state index contributed by atoms with van der Waals surface area (Å²) in [7, 11) is 0. The summed E-state index contributed by atoms with van der Waals surface area (Å²) in [6.07, 6.45) is 1.06. The number of carbonyl (C=O) groups is 1. The second-order valence-electron chi connectivity index (χ2n) is 4.85. The van der Waals surface area contributed by atoms with Gasteiger partial charge in [-0.05, 0) is 43.7 Å². The molecule has 1 atom stereocenters. The third-order valence-corrected chi connectivity index (χ3v) is 3.18. The van der Waals surface area contributed by atoms with Gasteiger partial charge in [0.15, 0.2) is 0 Å². The molecule has 3 heteroatoms. The van der Waals surface area contributed by atoms with E-state index in [0.29, 0.717) is 11.6 Å². The highest BCUT2D eigenvalue weighted by Gasteiger charge is 2.06. The van der Waals surface area contributed by atoms with Gasteiger partial charge in [0.05, 0.1) is 0 Å². The molecule has 2 N–H and O–H groups in total. The van der Waals surface area contributed by atoms with E-state index in [2.05, 4.69) is 24.5 Å². The Morgan fingerprint density at radius 2 is 1.80 bits per heavy atom. The van der Waals surface area contributed by atoms with Gasteiger partial charge in [0.1, 0.15) is 0 Å². The van der Waals surface area contributed by atoms with Crippen LogP contribution in [0, 0.1) is 0 Å². The molecule has 0 aliphatic heterocycles. The molecule has 0 spiro atoms. The van der Waals surface area contributed by atoms with E-state index < -0.39 is 0 Å². The highest BCUT2D eigenvalue weighted by molar-refractivity contribution is 6.04. The lowest BCUT2D eigenvalue weighted by molar-refractivity contribution is 0.102. The summed E-state index contributed by atoms with van der Waals surface area (Å²) >= 11 is 0. The first-order chi connectivity index (χ1) is 9.69. The first kappa shape index (κ1) is 14.1. The topological polar surface area (TPSA) is 41.1 Å². The SMILES string of the molecule is CCC(C)Nc1cccc(NC(=O)c2ccccc2)c1.[HH].[HH]. The van der Waals surface area contributed by atoms with E-state index in [1.165, 1.54) is 0 Å². The minimum Gasteiger partial charge on any atom is -0.383 e. The first-order valence-electron chi connectivity index (χ1n) is 6.92. The van der Waals surface area contributed by atoms with Crippen LogP contribution in [0.1, 0.15) is 33.5 Å². The maximum absolute atomic E-state index is 12.1. The van der Waals surface area contributed by atoms with Gasteiger partial charge in [-0.15, -0.1) is 0 Å². The van der Waals surface area contributed by atoms with Gasteiger partial charge in [0.25, 0.3) is 5.91 Å². The molecule has 1 unspecified atom stereocenters. The summed E-state index contributed by atoms with van der Waals surface area (Å²) in [6.45, 7) is 4.27. The predicted molar refractivity (Wildman–Crippen MR) is 88.4 cm³/mol. The van der Waals surface area contributed by atoms with E-state index in [0.717, 1.165) is 17.8 Å². The van der Waals surface area contributed by atoms with Crippen LogP contribution < -0.4 is 10.6 Å². The molecule has 0 heterocycles. The Hall–Kier alpha value is -2.29. The smallest absolute Gasteiger partial charge is 0.255 e. The summed E-state index contributed by atoms with van der Waals surface area (Å²) in [5.41, 5.74) is 2.48. The molecule has 0 aromatic heterocycles. The Kier molecular flexibility index (Phi) is 4.77. The molecule has 2 aromatic rings. The lowest BCUT2D eigenvalue weighted by Gasteiger charge is -2.14. The van der Waals surface area contributed by atoms with Crippen LogP contribution >= 0.6 is 0 Å². The lowest BCUT2D eigenvalue weighted by Crippen LogP contribution is -2.14. The molecule has 0 radical (unpaired) electrons. The molecule has 0 aliphatic carbocycles. The van der Waals surface area contributed by atoms with Crippen molar-refractivity contribution in [3.05, 3.63) is 60.2 Å². The van der Waals surface area contributed by atoms with E-state index in [1.54, 1.807) is 12.1 Å². The van der Waals surface area contributed by atoms with Gasteiger partial charge in [-0.2, -0.15) is 0 Å². The number of amides is 1. The van der Waals surface area contributed by atoms with Crippen LogP contribution in [0.25, 0.3) is 0 Å². The van der Waals surface area contributed by atoms with Gasteiger partial charge in [-0.25, -0.2) is 0 Å². The normalized spacial score (nSPS) is 11.7. The summed E-state index contributed by atoms with van der Waals surface area (Å²) in [6, 6.07) is 17.4. The number of hydrogen-bond donors (Lipinski definition) is 2. The third kappa shape index (κ3) is 3.85. The van der Waals surface area contributed by atoms with Crippen LogP contribution in [0.2, 0.25) is 0 Å². The summed E-state index contributed by atoms with van der Waals surface area (Å²) < 4.78 is 0. The van der Waals surface area contributed by atoms with Crippen LogP contribution in [0.3, 0.4) is 0 Å². The minimum atomic E-state index is -0.0914. The van der Waals surface area contributed by atoms with Gasteiger partial charge in [0.2, 0.25) is 0 Å². The van der Waals surface area contributed by atoms with Gasteiger partial charge < -0.3 is 10.6 Å².